The minimum atomic E-state index is -0.539. The quantitative estimate of drug-likeness (QED) is 0.259. The highest BCUT2D eigenvalue weighted by atomic mass is 32.1. The van der Waals surface area contributed by atoms with Crippen LogP contribution in [-0.2, 0) is 17.1 Å². The van der Waals surface area contributed by atoms with Gasteiger partial charge in [-0.3, -0.25) is 5.32 Å². The van der Waals surface area contributed by atoms with Crippen LogP contribution in [0.1, 0.15) is 11.1 Å². The van der Waals surface area contributed by atoms with Crippen LogP contribution in [0.3, 0.4) is 0 Å². The molecular weight excluding hydrogens is 434 g/mol. The monoisotopic (exact) mass is 455 g/mol. The first-order chi connectivity index (χ1) is 16.2. The Morgan fingerprint density at radius 3 is 2.45 bits per heavy atom. The van der Waals surface area contributed by atoms with E-state index in [1.54, 1.807) is 12.1 Å². The Balaban J connectivity index is 1.24. The normalized spacial score (nSPS) is 10.9. The van der Waals surface area contributed by atoms with E-state index in [0.717, 1.165) is 38.8 Å². The Morgan fingerprint density at radius 1 is 0.788 bits per heavy atom. The van der Waals surface area contributed by atoms with Gasteiger partial charge in [-0.15, -0.1) is 0 Å². The molecule has 0 saturated carbocycles. The van der Waals surface area contributed by atoms with E-state index < -0.39 is 6.09 Å². The second kappa shape index (κ2) is 9.30. The van der Waals surface area contributed by atoms with Gasteiger partial charge in [-0.25, -0.2) is 4.79 Å². The average molecular weight is 456 g/mol. The number of anilines is 1. The molecular formula is C27H21NO4S. The van der Waals surface area contributed by atoms with Crippen molar-refractivity contribution in [3.05, 3.63) is 102 Å². The number of hydrogen-bond acceptors (Lipinski definition) is 5. The van der Waals surface area contributed by atoms with Crippen molar-refractivity contribution in [2.75, 3.05) is 5.32 Å². The summed E-state index contributed by atoms with van der Waals surface area (Å²) in [6.45, 7) is 0.142. The van der Waals surface area contributed by atoms with Gasteiger partial charge in [-0.05, 0) is 53.6 Å². The number of para-hydroxylation sites is 1. The predicted octanol–water partition coefficient (Wildman–Crippen LogP) is 7.56. The van der Waals surface area contributed by atoms with Crippen molar-refractivity contribution in [1.82, 2.24) is 0 Å². The highest BCUT2D eigenvalue weighted by Gasteiger charge is 2.10. The van der Waals surface area contributed by atoms with Gasteiger partial charge in [-0.1, -0.05) is 42.5 Å². The Hall–Kier alpha value is -3.90. The maximum Gasteiger partial charge on any atom is 0.411 e. The van der Waals surface area contributed by atoms with Crippen LogP contribution in [0.4, 0.5) is 10.5 Å². The summed E-state index contributed by atoms with van der Waals surface area (Å²) >= 11 is 4.32. The first kappa shape index (κ1) is 21.0. The van der Waals surface area contributed by atoms with Crippen LogP contribution >= 0.6 is 12.6 Å². The molecule has 1 aromatic heterocycles. The molecule has 0 atom stereocenters. The number of fused-ring (bicyclic) bond motifs is 3. The third kappa shape index (κ3) is 4.81. The lowest BCUT2D eigenvalue weighted by Crippen LogP contribution is -2.13. The van der Waals surface area contributed by atoms with Crippen molar-refractivity contribution >= 4 is 46.3 Å². The molecule has 0 unspecified atom stereocenters. The number of amides is 1. The summed E-state index contributed by atoms with van der Waals surface area (Å²) < 4.78 is 17.2. The number of benzene rings is 4. The molecule has 1 heterocycles. The van der Waals surface area contributed by atoms with Crippen molar-refractivity contribution in [3.8, 4) is 11.5 Å². The van der Waals surface area contributed by atoms with Crippen LogP contribution in [-0.4, -0.2) is 6.09 Å². The van der Waals surface area contributed by atoms with E-state index in [0.29, 0.717) is 17.2 Å². The number of carbonyl (C=O) groups excluding carboxylic acids is 1. The minimum absolute atomic E-state index is 0.142. The topological polar surface area (TPSA) is 60.7 Å². The minimum Gasteiger partial charge on any atom is -0.457 e. The number of carbonyl (C=O) groups is 1. The smallest absolute Gasteiger partial charge is 0.411 e. The van der Waals surface area contributed by atoms with Crippen molar-refractivity contribution in [1.29, 1.82) is 0 Å². The fourth-order valence-corrected chi connectivity index (χ4v) is 3.82. The Bertz CT molecular complexity index is 1430. The summed E-state index contributed by atoms with van der Waals surface area (Å²) in [6, 6.07) is 28.5. The van der Waals surface area contributed by atoms with E-state index in [9.17, 15) is 4.79 Å². The lowest BCUT2D eigenvalue weighted by atomic mass is 10.1. The Labute approximate surface area is 196 Å². The molecule has 5 rings (SSSR count). The summed E-state index contributed by atoms with van der Waals surface area (Å²) in [6.07, 6.45) is -0.539. The van der Waals surface area contributed by atoms with Gasteiger partial charge in [0.2, 0.25) is 0 Å². The number of rotatable bonds is 6. The first-order valence-electron chi connectivity index (χ1n) is 10.5. The maximum absolute atomic E-state index is 12.4. The van der Waals surface area contributed by atoms with Gasteiger partial charge in [0.25, 0.3) is 0 Å². The summed E-state index contributed by atoms with van der Waals surface area (Å²) in [5.41, 5.74) is 4.18. The van der Waals surface area contributed by atoms with Crippen LogP contribution in [0.25, 0.3) is 21.9 Å². The molecule has 0 aliphatic carbocycles. The van der Waals surface area contributed by atoms with E-state index in [1.807, 2.05) is 78.9 Å². The lowest BCUT2D eigenvalue weighted by molar-refractivity contribution is 0.155. The van der Waals surface area contributed by atoms with Crippen molar-refractivity contribution < 1.29 is 18.7 Å². The van der Waals surface area contributed by atoms with E-state index in [4.69, 9.17) is 13.9 Å². The molecule has 33 heavy (non-hydrogen) atoms. The fraction of sp³-hybridized carbons (Fsp3) is 0.0741. The van der Waals surface area contributed by atoms with Gasteiger partial charge < -0.3 is 13.9 Å². The zero-order valence-corrected chi connectivity index (χ0v) is 18.5. The van der Waals surface area contributed by atoms with Gasteiger partial charge in [0.15, 0.2) is 0 Å². The molecule has 6 heteroatoms. The molecule has 0 saturated heterocycles. The van der Waals surface area contributed by atoms with Crippen molar-refractivity contribution in [3.63, 3.8) is 0 Å². The van der Waals surface area contributed by atoms with Crippen LogP contribution < -0.4 is 10.1 Å². The van der Waals surface area contributed by atoms with Crippen molar-refractivity contribution in [2.24, 2.45) is 0 Å². The van der Waals surface area contributed by atoms with Crippen LogP contribution in [0, 0.1) is 0 Å². The summed E-state index contributed by atoms with van der Waals surface area (Å²) in [7, 11) is 0. The molecule has 0 aliphatic heterocycles. The SMILES string of the molecule is O=C(Nc1cccc(Oc2ccccc2)c1)OCc1ccc2oc3cc(CS)ccc3c2c1. The third-order valence-corrected chi connectivity index (χ3v) is 5.58. The molecule has 0 fully saturated rings. The largest absolute Gasteiger partial charge is 0.457 e. The van der Waals surface area contributed by atoms with Gasteiger partial charge >= 0.3 is 6.09 Å². The second-order valence-electron chi connectivity index (χ2n) is 7.57. The highest BCUT2D eigenvalue weighted by Crippen LogP contribution is 2.31. The van der Waals surface area contributed by atoms with E-state index >= 15 is 0 Å². The van der Waals surface area contributed by atoms with E-state index in [1.165, 1.54) is 0 Å². The molecule has 4 aromatic carbocycles. The first-order valence-corrected chi connectivity index (χ1v) is 11.1. The number of ether oxygens (including phenoxy) is 2. The van der Waals surface area contributed by atoms with Gasteiger partial charge in [0, 0.05) is 28.3 Å². The summed E-state index contributed by atoms with van der Waals surface area (Å²) in [5.74, 6) is 2.00. The molecule has 1 N–H and O–H groups in total. The molecule has 5 nitrogen and oxygen atoms in total. The van der Waals surface area contributed by atoms with Crippen LogP contribution in [0.5, 0.6) is 11.5 Å². The van der Waals surface area contributed by atoms with Gasteiger partial charge in [0.1, 0.15) is 29.3 Å². The second-order valence-corrected chi connectivity index (χ2v) is 7.88. The summed E-state index contributed by atoms with van der Waals surface area (Å²) in [4.78, 5) is 12.4. The Kier molecular flexibility index (Phi) is 5.91. The number of thiol groups is 1. The number of nitrogens with one attached hydrogen (secondary N) is 1. The van der Waals surface area contributed by atoms with Crippen LogP contribution in [0.15, 0.2) is 95.4 Å². The molecule has 0 spiro atoms. The number of hydrogen-bond donors (Lipinski definition) is 2. The zero-order chi connectivity index (χ0) is 22.6. The highest BCUT2D eigenvalue weighted by molar-refractivity contribution is 7.79. The molecule has 5 aromatic rings. The maximum atomic E-state index is 12.4. The zero-order valence-electron chi connectivity index (χ0n) is 17.7. The Morgan fingerprint density at radius 2 is 1.61 bits per heavy atom. The standard InChI is InChI=1S/C27H21NO4S/c29-27(28-20-5-4-8-22(15-20)31-21-6-2-1-3-7-21)30-16-18-10-12-25-24(13-18)23-11-9-19(17-33)14-26(23)32-25/h1-15,33H,16-17H2,(H,28,29). The third-order valence-electron chi connectivity index (χ3n) is 5.21. The van der Waals surface area contributed by atoms with E-state index in [2.05, 4.69) is 17.9 Å². The van der Waals surface area contributed by atoms with Gasteiger partial charge in [-0.2, -0.15) is 12.6 Å². The van der Waals surface area contributed by atoms with Gasteiger partial charge in [0.05, 0.1) is 0 Å². The average Bonchev–Trinajstić information content (AvgIpc) is 3.20. The molecule has 164 valence electrons. The summed E-state index contributed by atoms with van der Waals surface area (Å²) in [5, 5.41) is 4.76. The van der Waals surface area contributed by atoms with E-state index in [-0.39, 0.29) is 6.61 Å². The molecule has 0 radical (unpaired) electrons. The van der Waals surface area contributed by atoms with Crippen LogP contribution in [0.2, 0.25) is 0 Å². The molecule has 0 bridgehead atoms. The number of furan rings is 1. The molecule has 1 amide bonds. The molecule has 0 aliphatic rings. The lowest BCUT2D eigenvalue weighted by Gasteiger charge is -2.09. The predicted molar refractivity (Wildman–Crippen MR) is 133 cm³/mol. The van der Waals surface area contributed by atoms with Crippen molar-refractivity contribution in [2.45, 2.75) is 12.4 Å². The fourth-order valence-electron chi connectivity index (χ4n) is 3.62.